The van der Waals surface area contributed by atoms with Crippen LogP contribution in [0.15, 0.2) is 42.5 Å². The van der Waals surface area contributed by atoms with Gasteiger partial charge < -0.3 is 9.47 Å². The summed E-state index contributed by atoms with van der Waals surface area (Å²) >= 11 is 1.51. The smallest absolute Gasteiger partial charge is 0.315 e. The molecular weight excluding hydrogens is 260 g/mol. The fourth-order valence-corrected chi connectivity index (χ4v) is 2.38. The molecule has 0 saturated carbocycles. The molecule has 4 heteroatoms. The quantitative estimate of drug-likeness (QED) is 0.600. The molecule has 19 heavy (non-hydrogen) atoms. The molecule has 0 saturated heterocycles. The molecule has 0 heterocycles. The minimum atomic E-state index is -0.199. The molecule has 0 atom stereocenters. The highest BCUT2D eigenvalue weighted by Crippen LogP contribution is 2.25. The van der Waals surface area contributed by atoms with Crippen LogP contribution in [-0.4, -0.2) is 31.2 Å². The Balaban J connectivity index is 1.86. The molecule has 2 aromatic carbocycles. The third-order valence-corrected chi connectivity index (χ3v) is 3.58. The van der Waals surface area contributed by atoms with E-state index in [1.54, 1.807) is 0 Å². The van der Waals surface area contributed by atoms with Crippen LogP contribution in [0.25, 0.3) is 10.8 Å². The van der Waals surface area contributed by atoms with Gasteiger partial charge in [0.2, 0.25) is 0 Å². The number of hydrogen-bond donors (Lipinski definition) is 0. The van der Waals surface area contributed by atoms with Crippen LogP contribution in [0.4, 0.5) is 0 Å². The van der Waals surface area contributed by atoms with Gasteiger partial charge in [-0.3, -0.25) is 4.79 Å². The molecule has 2 aromatic rings. The second-order valence-electron chi connectivity index (χ2n) is 3.95. The minimum Gasteiger partial charge on any atom is -0.492 e. The van der Waals surface area contributed by atoms with Crippen LogP contribution in [0.1, 0.15) is 0 Å². The molecule has 100 valence electrons. The van der Waals surface area contributed by atoms with Gasteiger partial charge in [-0.05, 0) is 11.5 Å². The molecule has 0 bridgehead atoms. The average Bonchev–Trinajstić information content (AvgIpc) is 2.46. The second kappa shape index (κ2) is 7.04. The van der Waals surface area contributed by atoms with Gasteiger partial charge >= 0.3 is 5.97 Å². The molecule has 0 aromatic heterocycles. The van der Waals surface area contributed by atoms with Gasteiger partial charge in [-0.15, -0.1) is 11.8 Å². The minimum absolute atomic E-state index is 0.199. The summed E-state index contributed by atoms with van der Waals surface area (Å²) in [4.78, 5) is 10.9. The van der Waals surface area contributed by atoms with Gasteiger partial charge in [-0.2, -0.15) is 0 Å². The first-order valence-corrected chi connectivity index (χ1v) is 7.22. The van der Waals surface area contributed by atoms with Crippen molar-refractivity contribution in [2.45, 2.75) is 0 Å². The third-order valence-electron chi connectivity index (χ3n) is 2.68. The fourth-order valence-electron chi connectivity index (χ4n) is 1.75. The summed E-state index contributed by atoms with van der Waals surface area (Å²) < 4.78 is 10.3. The first-order chi connectivity index (χ1) is 9.31. The maximum Gasteiger partial charge on any atom is 0.315 e. The number of methoxy groups -OCH3 is 1. The number of benzene rings is 2. The Kier molecular flexibility index (Phi) is 5.10. The van der Waals surface area contributed by atoms with Crippen molar-refractivity contribution in [3.8, 4) is 5.75 Å². The molecule has 0 unspecified atom stereocenters. The van der Waals surface area contributed by atoms with E-state index in [9.17, 15) is 4.79 Å². The lowest BCUT2D eigenvalue weighted by molar-refractivity contribution is -0.137. The standard InChI is InChI=1S/C15H16O3S/c1-17-15(16)11-19-10-9-18-14-8-4-6-12-5-2-3-7-13(12)14/h2-8H,9-11H2,1H3. The molecule has 0 aliphatic carbocycles. The van der Waals surface area contributed by atoms with Crippen molar-refractivity contribution >= 4 is 28.5 Å². The van der Waals surface area contributed by atoms with E-state index in [2.05, 4.69) is 16.9 Å². The van der Waals surface area contributed by atoms with Crippen molar-refractivity contribution in [3.63, 3.8) is 0 Å². The number of carbonyl (C=O) groups is 1. The zero-order valence-electron chi connectivity index (χ0n) is 10.8. The Morgan fingerprint density at radius 3 is 2.79 bits per heavy atom. The Morgan fingerprint density at radius 1 is 1.16 bits per heavy atom. The van der Waals surface area contributed by atoms with Gasteiger partial charge in [0.1, 0.15) is 5.75 Å². The van der Waals surface area contributed by atoms with E-state index in [-0.39, 0.29) is 5.97 Å². The molecule has 0 aliphatic rings. The molecule has 0 radical (unpaired) electrons. The molecular formula is C15H16O3S. The predicted molar refractivity (Wildman–Crippen MR) is 78.8 cm³/mol. The van der Waals surface area contributed by atoms with E-state index in [4.69, 9.17) is 4.74 Å². The molecule has 2 rings (SSSR count). The normalized spacial score (nSPS) is 10.4. The number of esters is 1. The van der Waals surface area contributed by atoms with Crippen LogP contribution >= 0.6 is 11.8 Å². The Bertz CT molecular complexity index is 549. The summed E-state index contributed by atoms with van der Waals surface area (Å²) in [6.07, 6.45) is 0. The zero-order chi connectivity index (χ0) is 13.5. The largest absolute Gasteiger partial charge is 0.492 e. The lowest BCUT2D eigenvalue weighted by Gasteiger charge is -2.08. The third kappa shape index (κ3) is 3.89. The molecule has 0 N–H and O–H groups in total. The van der Waals surface area contributed by atoms with Crippen molar-refractivity contribution in [1.82, 2.24) is 0 Å². The topological polar surface area (TPSA) is 35.5 Å². The lowest BCUT2D eigenvalue weighted by atomic mass is 10.1. The Hall–Kier alpha value is -1.68. The van der Waals surface area contributed by atoms with Crippen molar-refractivity contribution in [2.75, 3.05) is 25.2 Å². The maximum atomic E-state index is 10.9. The predicted octanol–water partition coefficient (Wildman–Crippen LogP) is 3.12. The number of rotatable bonds is 6. The van der Waals surface area contributed by atoms with E-state index in [1.165, 1.54) is 24.3 Å². The number of thioether (sulfide) groups is 1. The fraction of sp³-hybridized carbons (Fsp3) is 0.267. The summed E-state index contributed by atoms with van der Waals surface area (Å²) in [5, 5.41) is 2.28. The highest BCUT2D eigenvalue weighted by molar-refractivity contribution is 7.99. The molecule has 0 spiro atoms. The van der Waals surface area contributed by atoms with E-state index in [0.29, 0.717) is 12.4 Å². The van der Waals surface area contributed by atoms with Crippen LogP contribution < -0.4 is 4.74 Å². The van der Waals surface area contributed by atoms with Crippen LogP contribution in [0.2, 0.25) is 0 Å². The van der Waals surface area contributed by atoms with E-state index < -0.39 is 0 Å². The van der Waals surface area contributed by atoms with Crippen LogP contribution in [-0.2, 0) is 9.53 Å². The first kappa shape index (κ1) is 13.7. The molecule has 0 amide bonds. The summed E-state index contributed by atoms with van der Waals surface area (Å²) in [7, 11) is 1.40. The average molecular weight is 276 g/mol. The van der Waals surface area contributed by atoms with Crippen molar-refractivity contribution in [2.24, 2.45) is 0 Å². The zero-order valence-corrected chi connectivity index (χ0v) is 11.6. The lowest BCUT2D eigenvalue weighted by Crippen LogP contribution is -2.07. The van der Waals surface area contributed by atoms with E-state index in [0.717, 1.165) is 16.9 Å². The van der Waals surface area contributed by atoms with Gasteiger partial charge in [-0.1, -0.05) is 36.4 Å². The number of hydrogen-bond acceptors (Lipinski definition) is 4. The molecule has 0 aliphatic heterocycles. The van der Waals surface area contributed by atoms with Crippen molar-refractivity contribution < 1.29 is 14.3 Å². The van der Waals surface area contributed by atoms with Crippen LogP contribution in [0.3, 0.4) is 0 Å². The monoisotopic (exact) mass is 276 g/mol. The Morgan fingerprint density at radius 2 is 1.95 bits per heavy atom. The van der Waals surface area contributed by atoms with Crippen LogP contribution in [0.5, 0.6) is 5.75 Å². The maximum absolute atomic E-state index is 10.9. The summed E-state index contributed by atoms with van der Waals surface area (Å²) in [6.45, 7) is 0.579. The summed E-state index contributed by atoms with van der Waals surface area (Å²) in [5.74, 6) is 1.82. The number of ether oxygens (including phenoxy) is 2. The highest BCUT2D eigenvalue weighted by Gasteiger charge is 2.02. The highest BCUT2D eigenvalue weighted by atomic mass is 32.2. The van der Waals surface area contributed by atoms with E-state index in [1.807, 2.05) is 30.3 Å². The summed E-state index contributed by atoms with van der Waals surface area (Å²) in [5.41, 5.74) is 0. The van der Waals surface area contributed by atoms with Crippen molar-refractivity contribution in [1.29, 1.82) is 0 Å². The van der Waals surface area contributed by atoms with E-state index >= 15 is 0 Å². The van der Waals surface area contributed by atoms with Gasteiger partial charge in [0.25, 0.3) is 0 Å². The van der Waals surface area contributed by atoms with Gasteiger partial charge in [-0.25, -0.2) is 0 Å². The second-order valence-corrected chi connectivity index (χ2v) is 5.06. The van der Waals surface area contributed by atoms with Gasteiger partial charge in [0, 0.05) is 11.1 Å². The SMILES string of the molecule is COC(=O)CSCCOc1cccc2ccccc12. The van der Waals surface area contributed by atoms with Crippen LogP contribution in [0, 0.1) is 0 Å². The summed E-state index contributed by atoms with van der Waals surface area (Å²) in [6, 6.07) is 14.1. The van der Waals surface area contributed by atoms with Gasteiger partial charge in [0.15, 0.2) is 0 Å². The van der Waals surface area contributed by atoms with Crippen molar-refractivity contribution in [3.05, 3.63) is 42.5 Å². The Labute approximate surface area is 116 Å². The molecule has 0 fully saturated rings. The number of carbonyl (C=O) groups excluding carboxylic acids is 1. The molecule has 3 nitrogen and oxygen atoms in total. The van der Waals surface area contributed by atoms with Gasteiger partial charge in [0.05, 0.1) is 19.5 Å². The first-order valence-electron chi connectivity index (χ1n) is 6.06. The number of fused-ring (bicyclic) bond motifs is 1.